The third-order valence-corrected chi connectivity index (χ3v) is 2.94. The van der Waals surface area contributed by atoms with E-state index in [1.165, 1.54) is 0 Å². The molecule has 0 aliphatic heterocycles. The zero-order valence-corrected chi connectivity index (χ0v) is 10.6. The van der Waals surface area contributed by atoms with Crippen molar-refractivity contribution >= 4 is 23.2 Å². The monoisotopic (exact) mass is 246 g/mol. The third kappa shape index (κ3) is 4.39. The van der Waals surface area contributed by atoms with Gasteiger partial charge in [-0.15, -0.1) is 0 Å². The molecular weight excluding hydrogens is 231 g/mol. The van der Waals surface area contributed by atoms with Gasteiger partial charge in [0.05, 0.1) is 10.0 Å². The average molecular weight is 247 g/mol. The molecule has 0 amide bonds. The lowest BCUT2D eigenvalue weighted by atomic mass is 10.2. The average Bonchev–Trinajstić information content (AvgIpc) is 2.18. The summed E-state index contributed by atoms with van der Waals surface area (Å²) >= 11 is 12.0. The minimum Gasteiger partial charge on any atom is -0.311 e. The maximum absolute atomic E-state index is 6.05. The highest BCUT2D eigenvalue weighted by molar-refractivity contribution is 6.42. The molecular formula is C11H16Cl2N2. The summed E-state index contributed by atoms with van der Waals surface area (Å²) in [4.78, 5) is 2.13. The van der Waals surface area contributed by atoms with Gasteiger partial charge in [0.1, 0.15) is 0 Å². The largest absolute Gasteiger partial charge is 0.311 e. The van der Waals surface area contributed by atoms with Gasteiger partial charge in [-0.3, -0.25) is 0 Å². The SMILES string of the molecule is CN(C)CCNCc1cccc(Cl)c1Cl. The predicted octanol–water partition coefficient (Wildman–Crippen LogP) is 2.64. The molecule has 84 valence electrons. The van der Waals surface area contributed by atoms with Crippen LogP contribution in [0.5, 0.6) is 0 Å². The highest BCUT2D eigenvalue weighted by atomic mass is 35.5. The first-order valence-corrected chi connectivity index (χ1v) is 5.65. The van der Waals surface area contributed by atoms with E-state index in [4.69, 9.17) is 23.2 Å². The summed E-state index contributed by atoms with van der Waals surface area (Å²) in [7, 11) is 4.10. The Balaban J connectivity index is 2.41. The van der Waals surface area contributed by atoms with Crippen LogP contribution < -0.4 is 5.32 Å². The summed E-state index contributed by atoms with van der Waals surface area (Å²) in [5, 5.41) is 4.58. The van der Waals surface area contributed by atoms with Gasteiger partial charge in [0.25, 0.3) is 0 Å². The van der Waals surface area contributed by atoms with Crippen molar-refractivity contribution in [3.8, 4) is 0 Å². The Kier molecular flexibility index (Phi) is 5.40. The Morgan fingerprint density at radius 2 is 2.00 bits per heavy atom. The molecule has 0 saturated carbocycles. The molecule has 1 aromatic rings. The molecule has 0 fully saturated rings. The lowest BCUT2D eigenvalue weighted by Gasteiger charge is -2.11. The van der Waals surface area contributed by atoms with Gasteiger partial charge >= 0.3 is 0 Å². The predicted molar refractivity (Wildman–Crippen MR) is 66.7 cm³/mol. The second kappa shape index (κ2) is 6.33. The van der Waals surface area contributed by atoms with Crippen molar-refractivity contribution < 1.29 is 0 Å². The van der Waals surface area contributed by atoms with Crippen molar-refractivity contribution in [2.45, 2.75) is 6.54 Å². The number of hydrogen-bond acceptors (Lipinski definition) is 2. The molecule has 0 radical (unpaired) electrons. The fraction of sp³-hybridized carbons (Fsp3) is 0.455. The summed E-state index contributed by atoms with van der Waals surface area (Å²) in [5.74, 6) is 0. The van der Waals surface area contributed by atoms with E-state index in [1.807, 2.05) is 26.2 Å². The fourth-order valence-corrected chi connectivity index (χ4v) is 1.60. The van der Waals surface area contributed by atoms with E-state index in [0.717, 1.165) is 25.2 Å². The molecule has 0 bridgehead atoms. The summed E-state index contributed by atoms with van der Waals surface area (Å²) < 4.78 is 0. The van der Waals surface area contributed by atoms with Crippen LogP contribution in [-0.2, 0) is 6.54 Å². The van der Waals surface area contributed by atoms with Crippen molar-refractivity contribution in [2.24, 2.45) is 0 Å². The quantitative estimate of drug-likeness (QED) is 0.804. The summed E-state index contributed by atoms with van der Waals surface area (Å²) in [5.41, 5.74) is 1.04. The number of rotatable bonds is 5. The van der Waals surface area contributed by atoms with Crippen molar-refractivity contribution in [1.29, 1.82) is 0 Å². The molecule has 0 unspecified atom stereocenters. The fourth-order valence-electron chi connectivity index (χ4n) is 1.21. The molecule has 1 N–H and O–H groups in total. The second-order valence-electron chi connectivity index (χ2n) is 3.69. The molecule has 0 spiro atoms. The Bertz CT molecular complexity index is 313. The van der Waals surface area contributed by atoms with Gasteiger partial charge in [-0.1, -0.05) is 35.3 Å². The zero-order valence-electron chi connectivity index (χ0n) is 9.06. The summed E-state index contributed by atoms with van der Waals surface area (Å²) in [6.07, 6.45) is 0. The lowest BCUT2D eigenvalue weighted by Crippen LogP contribution is -2.26. The topological polar surface area (TPSA) is 15.3 Å². The highest BCUT2D eigenvalue weighted by Crippen LogP contribution is 2.25. The van der Waals surface area contributed by atoms with Crippen LogP contribution in [0.2, 0.25) is 10.0 Å². The first-order valence-electron chi connectivity index (χ1n) is 4.89. The van der Waals surface area contributed by atoms with Gasteiger partial charge in [-0.2, -0.15) is 0 Å². The van der Waals surface area contributed by atoms with Crippen molar-refractivity contribution in [2.75, 3.05) is 27.2 Å². The maximum atomic E-state index is 6.05. The summed E-state index contributed by atoms with van der Waals surface area (Å²) in [6.45, 7) is 2.71. The van der Waals surface area contributed by atoms with Gasteiger partial charge in [0.15, 0.2) is 0 Å². The number of nitrogens with zero attached hydrogens (tertiary/aromatic N) is 1. The van der Waals surface area contributed by atoms with Crippen molar-refractivity contribution in [3.05, 3.63) is 33.8 Å². The number of hydrogen-bond donors (Lipinski definition) is 1. The smallest absolute Gasteiger partial charge is 0.0637 e. The van der Waals surface area contributed by atoms with Crippen LogP contribution in [0.4, 0.5) is 0 Å². The molecule has 2 nitrogen and oxygen atoms in total. The molecule has 15 heavy (non-hydrogen) atoms. The minimum absolute atomic E-state index is 0.614. The zero-order chi connectivity index (χ0) is 11.3. The van der Waals surface area contributed by atoms with Crippen LogP contribution in [0, 0.1) is 0 Å². The molecule has 0 aliphatic rings. The van der Waals surface area contributed by atoms with E-state index < -0.39 is 0 Å². The number of benzene rings is 1. The molecule has 4 heteroatoms. The molecule has 0 heterocycles. The molecule has 1 aromatic carbocycles. The van der Waals surface area contributed by atoms with E-state index in [-0.39, 0.29) is 0 Å². The molecule has 1 rings (SSSR count). The van der Waals surface area contributed by atoms with E-state index >= 15 is 0 Å². The van der Waals surface area contributed by atoms with Gasteiger partial charge in [-0.05, 0) is 25.7 Å². The normalized spacial score (nSPS) is 11.0. The van der Waals surface area contributed by atoms with Crippen LogP contribution in [-0.4, -0.2) is 32.1 Å². The van der Waals surface area contributed by atoms with E-state index in [2.05, 4.69) is 10.2 Å². The molecule has 0 aliphatic carbocycles. The number of halogens is 2. The molecule has 0 saturated heterocycles. The van der Waals surface area contributed by atoms with Crippen LogP contribution >= 0.6 is 23.2 Å². The van der Waals surface area contributed by atoms with E-state index in [0.29, 0.717) is 10.0 Å². The van der Waals surface area contributed by atoms with Crippen LogP contribution in [0.15, 0.2) is 18.2 Å². The first kappa shape index (κ1) is 12.8. The maximum Gasteiger partial charge on any atom is 0.0637 e. The Labute approximate surface area is 101 Å². The first-order chi connectivity index (χ1) is 7.11. The molecule has 0 aromatic heterocycles. The Morgan fingerprint density at radius 1 is 1.27 bits per heavy atom. The van der Waals surface area contributed by atoms with Crippen molar-refractivity contribution in [3.63, 3.8) is 0 Å². The van der Waals surface area contributed by atoms with Gasteiger partial charge in [-0.25, -0.2) is 0 Å². The third-order valence-electron chi connectivity index (χ3n) is 2.08. The van der Waals surface area contributed by atoms with E-state index in [1.54, 1.807) is 6.07 Å². The lowest BCUT2D eigenvalue weighted by molar-refractivity contribution is 0.400. The number of nitrogens with one attached hydrogen (secondary N) is 1. The summed E-state index contributed by atoms with van der Waals surface area (Å²) in [6, 6.07) is 5.70. The van der Waals surface area contributed by atoms with Crippen LogP contribution in [0.3, 0.4) is 0 Å². The molecule has 0 atom stereocenters. The van der Waals surface area contributed by atoms with Crippen LogP contribution in [0.1, 0.15) is 5.56 Å². The van der Waals surface area contributed by atoms with Gasteiger partial charge in [0.2, 0.25) is 0 Å². The second-order valence-corrected chi connectivity index (χ2v) is 4.48. The number of likely N-dealkylation sites (N-methyl/N-ethyl adjacent to an activating group) is 1. The Hall–Kier alpha value is -0.280. The van der Waals surface area contributed by atoms with Gasteiger partial charge < -0.3 is 10.2 Å². The standard InChI is InChI=1S/C11H16Cl2N2/c1-15(2)7-6-14-8-9-4-3-5-10(12)11(9)13/h3-5,14H,6-8H2,1-2H3. The van der Waals surface area contributed by atoms with Crippen molar-refractivity contribution in [1.82, 2.24) is 10.2 Å². The van der Waals surface area contributed by atoms with Gasteiger partial charge in [0, 0.05) is 19.6 Å². The highest BCUT2D eigenvalue weighted by Gasteiger charge is 2.03. The Morgan fingerprint density at radius 3 is 2.67 bits per heavy atom. The minimum atomic E-state index is 0.614. The van der Waals surface area contributed by atoms with Crippen LogP contribution in [0.25, 0.3) is 0 Å². The van der Waals surface area contributed by atoms with E-state index in [9.17, 15) is 0 Å².